The van der Waals surface area contributed by atoms with Crippen LogP contribution in [0.25, 0.3) is 0 Å². The third-order valence-electron chi connectivity index (χ3n) is 1.73. The Morgan fingerprint density at radius 2 is 2.00 bits per heavy atom. The molecule has 0 saturated carbocycles. The summed E-state index contributed by atoms with van der Waals surface area (Å²) in [6.45, 7) is 3.99. The Hall–Kier alpha value is -0.240. The zero-order valence-electron chi connectivity index (χ0n) is 7.17. The second-order valence-electron chi connectivity index (χ2n) is 2.79. The average Bonchev–Trinajstić information content (AvgIpc) is 1.94. The van der Waals surface area contributed by atoms with E-state index in [2.05, 4.69) is 0 Å². The number of hydrogen-bond donors (Lipinski definition) is 1. The Balaban J connectivity index is 0.00000121. The van der Waals surface area contributed by atoms with Crippen LogP contribution in [0.15, 0.2) is 18.2 Å². The topological polar surface area (TPSA) is 26.0 Å². The molecule has 0 fully saturated rings. The minimum Gasteiger partial charge on any atom is -0.324 e. The molecule has 1 aromatic carbocycles. The lowest BCUT2D eigenvalue weighted by molar-refractivity contribution is 0.810. The normalized spacial score (nSPS) is 12.0. The summed E-state index contributed by atoms with van der Waals surface area (Å²) in [6, 6.07) is 5.85. The molecule has 68 valence electrons. The Morgan fingerprint density at radius 3 is 2.42 bits per heavy atom. The van der Waals surface area contributed by atoms with Crippen molar-refractivity contribution in [3.05, 3.63) is 34.3 Å². The zero-order chi connectivity index (χ0) is 8.43. The van der Waals surface area contributed by atoms with Crippen LogP contribution in [0.1, 0.15) is 24.1 Å². The average molecular weight is 206 g/mol. The van der Waals surface area contributed by atoms with Gasteiger partial charge in [0, 0.05) is 11.1 Å². The van der Waals surface area contributed by atoms with Crippen molar-refractivity contribution in [2.75, 3.05) is 0 Å². The number of nitrogens with two attached hydrogens (primary N) is 1. The van der Waals surface area contributed by atoms with Gasteiger partial charge in [-0.1, -0.05) is 17.7 Å². The van der Waals surface area contributed by atoms with Gasteiger partial charge < -0.3 is 5.73 Å². The highest BCUT2D eigenvalue weighted by Gasteiger charge is 2.02. The highest BCUT2D eigenvalue weighted by Crippen LogP contribution is 2.19. The smallest absolute Gasteiger partial charge is 0.0409 e. The third kappa shape index (κ3) is 2.67. The molecule has 0 amide bonds. The van der Waals surface area contributed by atoms with Crippen LogP contribution in [-0.4, -0.2) is 0 Å². The maximum absolute atomic E-state index is 5.81. The van der Waals surface area contributed by atoms with Gasteiger partial charge in [-0.15, -0.1) is 12.4 Å². The molecular formula is C9H13Cl2N. The van der Waals surface area contributed by atoms with E-state index in [9.17, 15) is 0 Å². The van der Waals surface area contributed by atoms with E-state index >= 15 is 0 Å². The quantitative estimate of drug-likeness (QED) is 0.750. The van der Waals surface area contributed by atoms with Gasteiger partial charge in [0.05, 0.1) is 0 Å². The SMILES string of the molecule is Cc1ccc(Cl)cc1[C@H](C)N.Cl. The molecule has 0 aromatic heterocycles. The predicted octanol–water partition coefficient (Wildman–Crippen LogP) is 3.09. The molecule has 2 N–H and O–H groups in total. The molecule has 0 radical (unpaired) electrons. The lowest BCUT2D eigenvalue weighted by Gasteiger charge is -2.09. The molecule has 0 unspecified atom stereocenters. The molecule has 12 heavy (non-hydrogen) atoms. The number of hydrogen-bond acceptors (Lipinski definition) is 1. The van der Waals surface area contributed by atoms with Crippen molar-refractivity contribution in [3.8, 4) is 0 Å². The molecule has 0 aliphatic carbocycles. The third-order valence-corrected chi connectivity index (χ3v) is 1.97. The number of rotatable bonds is 1. The van der Waals surface area contributed by atoms with Crippen LogP contribution in [0, 0.1) is 6.92 Å². The van der Waals surface area contributed by atoms with Crippen molar-refractivity contribution >= 4 is 24.0 Å². The van der Waals surface area contributed by atoms with Gasteiger partial charge in [-0.05, 0) is 37.1 Å². The lowest BCUT2D eigenvalue weighted by Crippen LogP contribution is -2.06. The first-order valence-corrected chi connectivity index (χ1v) is 4.00. The van der Waals surface area contributed by atoms with Crippen LogP contribution >= 0.6 is 24.0 Å². The summed E-state index contributed by atoms with van der Waals surface area (Å²) >= 11 is 5.81. The first-order valence-electron chi connectivity index (χ1n) is 3.63. The van der Waals surface area contributed by atoms with E-state index in [0.717, 1.165) is 10.6 Å². The predicted molar refractivity (Wildman–Crippen MR) is 56.0 cm³/mol. The number of aryl methyl sites for hydroxylation is 1. The first kappa shape index (κ1) is 11.8. The van der Waals surface area contributed by atoms with Gasteiger partial charge in [-0.2, -0.15) is 0 Å². The van der Waals surface area contributed by atoms with Crippen molar-refractivity contribution in [1.82, 2.24) is 0 Å². The van der Waals surface area contributed by atoms with Gasteiger partial charge in [0.1, 0.15) is 0 Å². The Bertz CT molecular complexity index is 259. The summed E-state index contributed by atoms with van der Waals surface area (Å²) in [6.07, 6.45) is 0. The van der Waals surface area contributed by atoms with Crippen molar-refractivity contribution in [3.63, 3.8) is 0 Å². The van der Waals surface area contributed by atoms with E-state index in [0.29, 0.717) is 0 Å². The molecule has 3 heteroatoms. The first-order chi connectivity index (χ1) is 5.11. The molecule has 0 spiro atoms. The molecule has 0 bridgehead atoms. The Labute approximate surface area is 84.3 Å². The molecule has 0 aliphatic rings. The molecule has 1 atom stereocenters. The molecular weight excluding hydrogens is 193 g/mol. The fourth-order valence-corrected chi connectivity index (χ4v) is 1.28. The van der Waals surface area contributed by atoms with Crippen LogP contribution in [0.3, 0.4) is 0 Å². The summed E-state index contributed by atoms with van der Waals surface area (Å²) in [5.41, 5.74) is 8.05. The highest BCUT2D eigenvalue weighted by molar-refractivity contribution is 6.30. The van der Waals surface area contributed by atoms with Crippen LogP contribution in [0.5, 0.6) is 0 Å². The molecule has 1 rings (SSSR count). The Kier molecular flexibility index (Phi) is 4.61. The summed E-state index contributed by atoms with van der Waals surface area (Å²) < 4.78 is 0. The van der Waals surface area contributed by atoms with E-state index in [1.807, 2.05) is 32.0 Å². The summed E-state index contributed by atoms with van der Waals surface area (Å²) in [5.74, 6) is 0. The van der Waals surface area contributed by atoms with Crippen molar-refractivity contribution in [2.24, 2.45) is 5.73 Å². The maximum Gasteiger partial charge on any atom is 0.0409 e. The van der Waals surface area contributed by atoms with Crippen molar-refractivity contribution in [2.45, 2.75) is 19.9 Å². The standard InChI is InChI=1S/C9H12ClN.ClH/c1-6-3-4-8(10)5-9(6)7(2)11;/h3-5,7H,11H2,1-2H3;1H/t7-;/m0./s1. The number of benzene rings is 1. The van der Waals surface area contributed by atoms with E-state index in [1.54, 1.807) is 0 Å². The monoisotopic (exact) mass is 205 g/mol. The molecule has 0 heterocycles. The summed E-state index contributed by atoms with van der Waals surface area (Å²) in [4.78, 5) is 0. The van der Waals surface area contributed by atoms with Crippen molar-refractivity contribution < 1.29 is 0 Å². The van der Waals surface area contributed by atoms with Gasteiger partial charge in [0.25, 0.3) is 0 Å². The van der Waals surface area contributed by atoms with Crippen molar-refractivity contribution in [1.29, 1.82) is 0 Å². The van der Waals surface area contributed by atoms with Gasteiger partial charge in [-0.3, -0.25) is 0 Å². The van der Waals surface area contributed by atoms with Gasteiger partial charge in [0.15, 0.2) is 0 Å². The van der Waals surface area contributed by atoms with E-state index in [1.165, 1.54) is 5.56 Å². The van der Waals surface area contributed by atoms with Gasteiger partial charge in [0.2, 0.25) is 0 Å². The molecule has 1 nitrogen and oxygen atoms in total. The van der Waals surface area contributed by atoms with E-state index < -0.39 is 0 Å². The minimum atomic E-state index is 0. The van der Waals surface area contributed by atoms with E-state index in [4.69, 9.17) is 17.3 Å². The minimum absolute atomic E-state index is 0. The van der Waals surface area contributed by atoms with Gasteiger partial charge in [-0.25, -0.2) is 0 Å². The fourth-order valence-electron chi connectivity index (χ4n) is 1.10. The van der Waals surface area contributed by atoms with Gasteiger partial charge >= 0.3 is 0 Å². The summed E-state index contributed by atoms with van der Waals surface area (Å²) in [5, 5.41) is 0.753. The number of halogens is 2. The lowest BCUT2D eigenvalue weighted by atomic mass is 10.0. The van der Waals surface area contributed by atoms with Crippen LogP contribution in [0.2, 0.25) is 5.02 Å². The zero-order valence-corrected chi connectivity index (χ0v) is 8.75. The maximum atomic E-state index is 5.81. The largest absolute Gasteiger partial charge is 0.324 e. The van der Waals surface area contributed by atoms with Crippen LogP contribution in [-0.2, 0) is 0 Å². The fraction of sp³-hybridized carbons (Fsp3) is 0.333. The molecule has 0 aliphatic heterocycles. The van der Waals surface area contributed by atoms with Crippen LogP contribution in [0.4, 0.5) is 0 Å². The molecule has 0 saturated heterocycles. The van der Waals surface area contributed by atoms with E-state index in [-0.39, 0.29) is 18.4 Å². The second-order valence-corrected chi connectivity index (χ2v) is 3.23. The summed E-state index contributed by atoms with van der Waals surface area (Å²) in [7, 11) is 0. The molecule has 1 aromatic rings. The highest BCUT2D eigenvalue weighted by atomic mass is 35.5. The Morgan fingerprint density at radius 1 is 1.42 bits per heavy atom. The van der Waals surface area contributed by atoms with Crippen LogP contribution < -0.4 is 5.73 Å². The second kappa shape index (κ2) is 4.70.